The second-order valence-electron chi connectivity index (χ2n) is 6.50. The van der Waals surface area contributed by atoms with Crippen molar-refractivity contribution in [3.05, 3.63) is 11.9 Å². The van der Waals surface area contributed by atoms with Gasteiger partial charge in [0.25, 0.3) is 5.91 Å². The molecule has 7 heteroatoms. The molecule has 1 fully saturated rings. The molecule has 1 unspecified atom stereocenters. The number of amides is 1. The molecule has 0 saturated heterocycles. The van der Waals surface area contributed by atoms with E-state index in [1.165, 1.54) is 10.9 Å². The van der Waals surface area contributed by atoms with Crippen LogP contribution in [0.5, 0.6) is 0 Å². The fraction of sp³-hybridized carbons (Fsp3) is 0.714. The summed E-state index contributed by atoms with van der Waals surface area (Å²) < 4.78 is 1.53. The van der Waals surface area contributed by atoms with Gasteiger partial charge in [-0.2, -0.15) is 0 Å². The molecule has 1 aliphatic carbocycles. The predicted molar refractivity (Wildman–Crippen MR) is 75.8 cm³/mol. The monoisotopic (exact) mass is 294 g/mol. The fourth-order valence-corrected chi connectivity index (χ4v) is 3.04. The maximum Gasteiger partial charge on any atom is 0.329 e. The molecule has 0 spiro atoms. The van der Waals surface area contributed by atoms with Crippen LogP contribution in [0.25, 0.3) is 0 Å². The SMILES string of the molecule is CCn1cc(C(=O)NC2(C(=O)O)CCCC(C)(C)C2)nn1. The fourth-order valence-electron chi connectivity index (χ4n) is 3.04. The lowest BCUT2D eigenvalue weighted by Crippen LogP contribution is -2.58. The number of rotatable bonds is 4. The number of carboxylic acids is 1. The van der Waals surface area contributed by atoms with Crippen LogP contribution in [0.1, 0.15) is 56.9 Å². The Balaban J connectivity index is 2.20. The normalized spacial score (nSPS) is 24.5. The van der Waals surface area contributed by atoms with Gasteiger partial charge < -0.3 is 10.4 Å². The van der Waals surface area contributed by atoms with Gasteiger partial charge in [-0.3, -0.25) is 9.48 Å². The molecule has 2 rings (SSSR count). The Morgan fingerprint density at radius 1 is 1.43 bits per heavy atom. The van der Waals surface area contributed by atoms with Gasteiger partial charge in [0.05, 0.1) is 6.20 Å². The number of aryl methyl sites for hydroxylation is 1. The number of carbonyl (C=O) groups is 2. The number of nitrogens with zero attached hydrogens (tertiary/aromatic N) is 3. The average molecular weight is 294 g/mol. The van der Waals surface area contributed by atoms with Gasteiger partial charge in [-0.05, 0) is 38.0 Å². The van der Waals surface area contributed by atoms with E-state index in [9.17, 15) is 14.7 Å². The van der Waals surface area contributed by atoms with Gasteiger partial charge in [0, 0.05) is 6.54 Å². The molecule has 21 heavy (non-hydrogen) atoms. The third-order valence-corrected chi connectivity index (χ3v) is 4.09. The number of hydrogen-bond donors (Lipinski definition) is 2. The lowest BCUT2D eigenvalue weighted by Gasteiger charge is -2.42. The summed E-state index contributed by atoms with van der Waals surface area (Å²) >= 11 is 0. The predicted octanol–water partition coefficient (Wildman–Crippen LogP) is 1.45. The van der Waals surface area contributed by atoms with Crippen LogP contribution in [0.3, 0.4) is 0 Å². The molecule has 1 aromatic heterocycles. The van der Waals surface area contributed by atoms with E-state index in [0.717, 1.165) is 12.8 Å². The van der Waals surface area contributed by atoms with Gasteiger partial charge in [-0.15, -0.1) is 5.10 Å². The lowest BCUT2D eigenvalue weighted by atomic mass is 9.68. The van der Waals surface area contributed by atoms with Gasteiger partial charge in [0.1, 0.15) is 5.54 Å². The van der Waals surface area contributed by atoms with E-state index in [0.29, 0.717) is 19.4 Å². The molecule has 7 nitrogen and oxygen atoms in total. The highest BCUT2D eigenvalue weighted by molar-refractivity contribution is 5.96. The van der Waals surface area contributed by atoms with Crippen molar-refractivity contribution in [3.63, 3.8) is 0 Å². The summed E-state index contributed by atoms with van der Waals surface area (Å²) in [5.74, 6) is -1.46. The summed E-state index contributed by atoms with van der Waals surface area (Å²) in [6.07, 6.45) is 4.13. The number of aliphatic carboxylic acids is 1. The largest absolute Gasteiger partial charge is 0.480 e. The summed E-state index contributed by atoms with van der Waals surface area (Å²) in [6, 6.07) is 0. The van der Waals surface area contributed by atoms with Crippen molar-refractivity contribution in [1.82, 2.24) is 20.3 Å². The van der Waals surface area contributed by atoms with Crippen LogP contribution in [0.2, 0.25) is 0 Å². The number of nitrogens with one attached hydrogen (secondary N) is 1. The highest BCUT2D eigenvalue weighted by Gasteiger charge is 2.47. The van der Waals surface area contributed by atoms with E-state index < -0.39 is 17.4 Å². The van der Waals surface area contributed by atoms with Crippen molar-refractivity contribution < 1.29 is 14.7 Å². The molecule has 1 aromatic rings. The van der Waals surface area contributed by atoms with E-state index in [2.05, 4.69) is 15.6 Å². The van der Waals surface area contributed by atoms with Crippen LogP contribution in [-0.4, -0.2) is 37.5 Å². The topological polar surface area (TPSA) is 97.1 Å². The van der Waals surface area contributed by atoms with Crippen LogP contribution in [-0.2, 0) is 11.3 Å². The minimum absolute atomic E-state index is 0.106. The Bertz CT molecular complexity index is 552. The zero-order chi connectivity index (χ0) is 15.7. The number of aromatic nitrogens is 3. The molecule has 1 amide bonds. The van der Waals surface area contributed by atoms with Crippen LogP contribution in [0, 0.1) is 5.41 Å². The quantitative estimate of drug-likeness (QED) is 0.876. The number of hydrogen-bond acceptors (Lipinski definition) is 4. The van der Waals surface area contributed by atoms with Crippen LogP contribution >= 0.6 is 0 Å². The maximum absolute atomic E-state index is 12.3. The van der Waals surface area contributed by atoms with E-state index in [-0.39, 0.29) is 11.1 Å². The molecular formula is C14H22N4O3. The molecule has 0 bridgehead atoms. The van der Waals surface area contributed by atoms with Crippen LogP contribution in [0.15, 0.2) is 6.20 Å². The van der Waals surface area contributed by atoms with Crippen LogP contribution < -0.4 is 5.32 Å². The smallest absolute Gasteiger partial charge is 0.329 e. The summed E-state index contributed by atoms with van der Waals surface area (Å²) in [7, 11) is 0. The minimum Gasteiger partial charge on any atom is -0.480 e. The molecule has 1 heterocycles. The van der Waals surface area contributed by atoms with Crippen molar-refractivity contribution >= 4 is 11.9 Å². The maximum atomic E-state index is 12.3. The molecule has 0 aromatic carbocycles. The van der Waals surface area contributed by atoms with Crippen molar-refractivity contribution in [3.8, 4) is 0 Å². The summed E-state index contributed by atoms with van der Waals surface area (Å²) in [5, 5.41) is 19.9. The van der Waals surface area contributed by atoms with Crippen molar-refractivity contribution in [2.24, 2.45) is 5.41 Å². The van der Waals surface area contributed by atoms with Crippen LogP contribution in [0.4, 0.5) is 0 Å². The summed E-state index contributed by atoms with van der Waals surface area (Å²) in [6.45, 7) is 6.56. The van der Waals surface area contributed by atoms with Crippen molar-refractivity contribution in [2.75, 3.05) is 0 Å². The molecule has 1 aliphatic rings. The molecular weight excluding hydrogens is 272 g/mol. The highest BCUT2D eigenvalue weighted by atomic mass is 16.4. The van der Waals surface area contributed by atoms with E-state index in [4.69, 9.17) is 0 Å². The third-order valence-electron chi connectivity index (χ3n) is 4.09. The molecule has 1 atom stereocenters. The van der Waals surface area contributed by atoms with Crippen molar-refractivity contribution in [2.45, 2.75) is 58.5 Å². The average Bonchev–Trinajstić information content (AvgIpc) is 2.86. The van der Waals surface area contributed by atoms with Gasteiger partial charge in [-0.25, -0.2) is 4.79 Å². The Hall–Kier alpha value is -1.92. The Kier molecular flexibility index (Phi) is 4.02. The first kappa shape index (κ1) is 15.5. The van der Waals surface area contributed by atoms with E-state index in [1.54, 1.807) is 0 Å². The van der Waals surface area contributed by atoms with Gasteiger partial charge in [0.2, 0.25) is 0 Å². The molecule has 0 aliphatic heterocycles. The van der Waals surface area contributed by atoms with E-state index in [1.807, 2.05) is 20.8 Å². The van der Waals surface area contributed by atoms with Gasteiger partial charge in [-0.1, -0.05) is 19.1 Å². The zero-order valence-electron chi connectivity index (χ0n) is 12.7. The van der Waals surface area contributed by atoms with E-state index >= 15 is 0 Å². The molecule has 0 radical (unpaired) electrons. The first-order valence-electron chi connectivity index (χ1n) is 7.24. The van der Waals surface area contributed by atoms with Gasteiger partial charge >= 0.3 is 5.97 Å². The third kappa shape index (κ3) is 3.22. The molecule has 116 valence electrons. The summed E-state index contributed by atoms with van der Waals surface area (Å²) in [4.78, 5) is 24.0. The Morgan fingerprint density at radius 2 is 2.14 bits per heavy atom. The lowest BCUT2D eigenvalue weighted by molar-refractivity contribution is -0.147. The first-order valence-corrected chi connectivity index (χ1v) is 7.24. The summed E-state index contributed by atoms with van der Waals surface area (Å²) in [5.41, 5.74) is -1.17. The molecule has 1 saturated carbocycles. The first-order chi connectivity index (χ1) is 9.78. The Labute approximate surface area is 123 Å². The molecule has 2 N–H and O–H groups in total. The Morgan fingerprint density at radius 3 is 2.67 bits per heavy atom. The second-order valence-corrected chi connectivity index (χ2v) is 6.50. The van der Waals surface area contributed by atoms with Crippen molar-refractivity contribution in [1.29, 1.82) is 0 Å². The minimum atomic E-state index is -1.21. The number of carbonyl (C=O) groups excluding carboxylic acids is 1. The standard InChI is InChI=1S/C14H22N4O3/c1-4-18-8-10(16-17-18)11(19)15-14(12(20)21)7-5-6-13(2,3)9-14/h8H,4-7,9H2,1-3H3,(H,15,19)(H,20,21). The highest BCUT2D eigenvalue weighted by Crippen LogP contribution is 2.41. The second kappa shape index (κ2) is 5.46. The number of carboxylic acid groups (broad SMARTS) is 1. The van der Waals surface area contributed by atoms with Gasteiger partial charge in [0.15, 0.2) is 5.69 Å². The zero-order valence-corrected chi connectivity index (χ0v) is 12.7.